The molecule has 1 heterocycles. The van der Waals surface area contributed by atoms with Crippen LogP contribution in [-0.2, 0) is 9.47 Å². The fraction of sp³-hybridized carbons (Fsp3) is 1.00. The number of hydrogen-bond acceptors (Lipinski definition) is 2. The van der Waals surface area contributed by atoms with Crippen LogP contribution in [-0.4, -0.2) is 25.9 Å². The number of rotatable bonds is 0. The van der Waals surface area contributed by atoms with Crippen LogP contribution in [0.4, 0.5) is 35.1 Å². The summed E-state index contributed by atoms with van der Waals surface area (Å²) >= 11 is 0.635. The van der Waals surface area contributed by atoms with Gasteiger partial charge in [0.1, 0.15) is 0 Å². The molecule has 17 heavy (non-hydrogen) atoms. The molecule has 1 aliphatic heterocycles. The van der Waals surface area contributed by atoms with E-state index in [9.17, 15) is 35.1 Å². The molecule has 0 N–H and O–H groups in total. The highest BCUT2D eigenvalue weighted by Crippen LogP contribution is 2.62. The maximum Gasteiger partial charge on any atom is 0.453 e. The first-order valence-corrected chi connectivity index (χ1v) is 5.61. The van der Waals surface area contributed by atoms with Crippen molar-refractivity contribution >= 4 is 45.2 Å². The summed E-state index contributed by atoms with van der Waals surface area (Å²) in [6.07, 6.45) is -12.4. The molecule has 0 unspecified atom stereocenters. The molecule has 1 rings (SSSR count). The Bertz CT molecular complexity index is 289. The third-order valence-corrected chi connectivity index (χ3v) is 4.49. The smallest absolute Gasteiger partial charge is 0.284 e. The molecule has 0 radical (unpaired) electrons. The lowest BCUT2D eigenvalue weighted by Crippen LogP contribution is -2.58. The predicted molar refractivity (Wildman–Crippen MR) is 52.7 cm³/mol. The number of ether oxygens (including phenoxy) is 2. The Labute approximate surface area is 115 Å². The van der Waals surface area contributed by atoms with E-state index in [1.807, 2.05) is 0 Å². The van der Waals surface area contributed by atoms with Crippen LogP contribution in [0, 0.1) is 0 Å². The standard InChI is InChI=1S/C5F8I2O2/c6-2(7,8)1(3(9,10)11)16-4(12,14)5(13,15)17-1/t4-,5+. The summed E-state index contributed by atoms with van der Waals surface area (Å²) < 4.78 is 98.6. The molecule has 1 fully saturated rings. The molecular formula is C5F8I2O2. The van der Waals surface area contributed by atoms with Gasteiger partial charge < -0.3 is 0 Å². The summed E-state index contributed by atoms with van der Waals surface area (Å²) in [4.78, 5) is 0. The van der Waals surface area contributed by atoms with Crippen molar-refractivity contribution in [3.8, 4) is 0 Å². The molecule has 0 spiro atoms. The molecule has 2 nitrogen and oxygen atoms in total. The van der Waals surface area contributed by atoms with Crippen molar-refractivity contribution in [3.63, 3.8) is 0 Å². The van der Waals surface area contributed by atoms with Gasteiger partial charge in [-0.05, 0) is 0 Å². The summed E-state index contributed by atoms with van der Waals surface area (Å²) in [5, 5.41) is 0. The monoisotopic (exact) mass is 498 g/mol. The van der Waals surface area contributed by atoms with Gasteiger partial charge in [0, 0.05) is 45.2 Å². The summed E-state index contributed by atoms with van der Waals surface area (Å²) in [5.74, 6) is -5.33. The molecule has 0 aromatic carbocycles. The Morgan fingerprint density at radius 3 is 1.06 bits per heavy atom. The second kappa shape index (κ2) is 3.91. The van der Waals surface area contributed by atoms with Crippen molar-refractivity contribution < 1.29 is 44.6 Å². The van der Waals surface area contributed by atoms with Crippen LogP contribution in [0.15, 0.2) is 0 Å². The Morgan fingerprint density at radius 1 is 0.706 bits per heavy atom. The summed E-state index contributed by atoms with van der Waals surface area (Å²) in [7, 11) is 0. The predicted octanol–water partition coefficient (Wildman–Crippen LogP) is 3.97. The van der Waals surface area contributed by atoms with Gasteiger partial charge in [-0.25, -0.2) is 0 Å². The summed E-state index contributed by atoms with van der Waals surface area (Å²) in [5.41, 5.74) is 0. The van der Waals surface area contributed by atoms with Crippen molar-refractivity contribution in [1.29, 1.82) is 0 Å². The van der Waals surface area contributed by atoms with E-state index >= 15 is 0 Å². The Morgan fingerprint density at radius 2 is 0.941 bits per heavy atom. The summed E-state index contributed by atoms with van der Waals surface area (Å²) in [6, 6.07) is 0. The van der Waals surface area contributed by atoms with Gasteiger partial charge in [0.15, 0.2) is 0 Å². The molecule has 12 heteroatoms. The van der Waals surface area contributed by atoms with Gasteiger partial charge in [-0.3, -0.25) is 9.47 Å². The molecule has 2 atom stereocenters. The zero-order valence-corrected chi connectivity index (χ0v) is 11.4. The quantitative estimate of drug-likeness (QED) is 0.286. The molecule has 0 amide bonds. The van der Waals surface area contributed by atoms with Gasteiger partial charge in [0.2, 0.25) is 0 Å². The van der Waals surface area contributed by atoms with Crippen LogP contribution in [0.1, 0.15) is 0 Å². The second-order valence-corrected chi connectivity index (χ2v) is 5.62. The molecule has 0 aromatic heterocycles. The van der Waals surface area contributed by atoms with Crippen molar-refractivity contribution in [1.82, 2.24) is 0 Å². The minimum absolute atomic E-state index is 0.318. The Balaban J connectivity index is 3.34. The number of halogens is 10. The fourth-order valence-corrected chi connectivity index (χ4v) is 1.73. The van der Waals surface area contributed by atoms with Crippen molar-refractivity contribution in [3.05, 3.63) is 0 Å². The van der Waals surface area contributed by atoms with Crippen LogP contribution >= 0.6 is 45.2 Å². The lowest BCUT2D eigenvalue weighted by Gasteiger charge is -2.31. The highest BCUT2D eigenvalue weighted by Gasteiger charge is 2.85. The van der Waals surface area contributed by atoms with Gasteiger partial charge in [-0.2, -0.15) is 35.1 Å². The Kier molecular flexibility index (Phi) is 3.65. The zero-order chi connectivity index (χ0) is 13.9. The van der Waals surface area contributed by atoms with E-state index in [1.165, 1.54) is 0 Å². The van der Waals surface area contributed by atoms with Crippen LogP contribution in [0.5, 0.6) is 0 Å². The van der Waals surface area contributed by atoms with E-state index in [1.54, 1.807) is 0 Å². The molecule has 1 aliphatic rings. The maximum absolute atomic E-state index is 13.2. The van der Waals surface area contributed by atoms with E-state index in [-0.39, 0.29) is 0 Å². The number of hydrogen-bond donors (Lipinski definition) is 0. The molecule has 102 valence electrons. The van der Waals surface area contributed by atoms with E-state index in [0.29, 0.717) is 45.2 Å². The van der Waals surface area contributed by atoms with Crippen molar-refractivity contribution in [2.75, 3.05) is 0 Å². The van der Waals surface area contributed by atoms with Crippen LogP contribution in [0.25, 0.3) is 0 Å². The largest absolute Gasteiger partial charge is 0.453 e. The lowest BCUT2D eigenvalue weighted by atomic mass is 10.2. The van der Waals surface area contributed by atoms with Gasteiger partial charge in [0.25, 0.3) is 0 Å². The zero-order valence-electron chi connectivity index (χ0n) is 7.10. The first-order chi connectivity index (χ1) is 7.16. The molecular weight excluding hydrogens is 498 g/mol. The maximum atomic E-state index is 13.2. The highest BCUT2D eigenvalue weighted by molar-refractivity contribution is 14.1. The average molecular weight is 498 g/mol. The molecule has 1 saturated heterocycles. The minimum Gasteiger partial charge on any atom is -0.284 e. The number of alkyl halides is 10. The van der Waals surface area contributed by atoms with Crippen LogP contribution < -0.4 is 0 Å². The van der Waals surface area contributed by atoms with Crippen molar-refractivity contribution in [2.45, 2.75) is 25.9 Å². The lowest BCUT2D eigenvalue weighted by molar-refractivity contribution is -0.452. The average Bonchev–Trinajstić information content (AvgIpc) is 2.15. The van der Waals surface area contributed by atoms with Gasteiger partial charge in [0.05, 0.1) is 0 Å². The highest BCUT2D eigenvalue weighted by atomic mass is 127. The van der Waals surface area contributed by atoms with Crippen molar-refractivity contribution in [2.24, 2.45) is 0 Å². The molecule has 0 saturated carbocycles. The summed E-state index contributed by atoms with van der Waals surface area (Å²) in [6.45, 7) is 0. The van der Waals surface area contributed by atoms with Crippen LogP contribution in [0.2, 0.25) is 0 Å². The van der Waals surface area contributed by atoms with E-state index in [4.69, 9.17) is 0 Å². The first kappa shape index (κ1) is 15.9. The molecule has 0 aromatic rings. The third-order valence-electron chi connectivity index (χ3n) is 1.63. The van der Waals surface area contributed by atoms with Gasteiger partial charge in [-0.1, -0.05) is 0 Å². The van der Waals surface area contributed by atoms with E-state index < -0.39 is 25.9 Å². The van der Waals surface area contributed by atoms with Gasteiger partial charge in [-0.15, -0.1) is 0 Å². The third kappa shape index (κ3) is 2.33. The molecule has 0 aliphatic carbocycles. The topological polar surface area (TPSA) is 18.5 Å². The second-order valence-electron chi connectivity index (χ2n) is 2.85. The first-order valence-electron chi connectivity index (χ1n) is 3.46. The molecule has 0 bridgehead atoms. The van der Waals surface area contributed by atoms with E-state index in [2.05, 4.69) is 9.47 Å². The SMILES string of the molecule is FC(F)(F)C1(C(F)(F)F)O[C@](F)(I)[C@](F)(I)O1. The fourth-order valence-electron chi connectivity index (χ4n) is 0.893. The minimum atomic E-state index is -6.19. The normalized spacial score (nSPS) is 38.5. The van der Waals surface area contributed by atoms with Crippen LogP contribution in [0.3, 0.4) is 0 Å². The van der Waals surface area contributed by atoms with Gasteiger partial charge >= 0.3 is 25.9 Å². The van der Waals surface area contributed by atoms with E-state index in [0.717, 1.165) is 0 Å². The Hall–Kier alpha value is 0.820.